The van der Waals surface area contributed by atoms with Gasteiger partial charge in [-0.05, 0) is 44.6 Å². The van der Waals surface area contributed by atoms with Gasteiger partial charge in [0.25, 0.3) is 11.7 Å². The molecule has 1 amide bonds. The van der Waals surface area contributed by atoms with Crippen molar-refractivity contribution in [2.75, 3.05) is 32.8 Å². The molecule has 1 saturated heterocycles. The number of amides is 1. The summed E-state index contributed by atoms with van der Waals surface area (Å²) in [7, 11) is 0. The molecule has 0 bridgehead atoms. The van der Waals surface area contributed by atoms with Gasteiger partial charge in [0.1, 0.15) is 11.5 Å². The average Bonchev–Trinajstić information content (AvgIpc) is 3.05. The monoisotopic (exact) mass is 436 g/mol. The Morgan fingerprint density at radius 3 is 2.38 bits per heavy atom. The SMILES string of the molecule is CCOc1cccc(C(O)=C2C(=O)C(=O)N(CCN(CC)CC)C2c2ccc(C)cc2)c1. The predicted molar refractivity (Wildman–Crippen MR) is 126 cm³/mol. The van der Waals surface area contributed by atoms with E-state index in [-0.39, 0.29) is 11.3 Å². The maximum Gasteiger partial charge on any atom is 0.295 e. The van der Waals surface area contributed by atoms with Crippen LogP contribution in [-0.4, -0.2) is 59.4 Å². The minimum atomic E-state index is -0.658. The molecule has 1 fully saturated rings. The highest BCUT2D eigenvalue weighted by atomic mass is 16.5. The van der Waals surface area contributed by atoms with Gasteiger partial charge in [0.15, 0.2) is 0 Å². The van der Waals surface area contributed by atoms with Gasteiger partial charge in [-0.1, -0.05) is 55.8 Å². The van der Waals surface area contributed by atoms with Gasteiger partial charge in [-0.15, -0.1) is 0 Å². The highest BCUT2D eigenvalue weighted by Crippen LogP contribution is 2.39. The summed E-state index contributed by atoms with van der Waals surface area (Å²) in [5.74, 6) is -0.820. The highest BCUT2D eigenvalue weighted by molar-refractivity contribution is 6.46. The number of aliphatic hydroxyl groups excluding tert-OH is 1. The fraction of sp³-hybridized carbons (Fsp3) is 0.385. The van der Waals surface area contributed by atoms with Crippen molar-refractivity contribution in [1.29, 1.82) is 0 Å². The Hall–Kier alpha value is -3.12. The number of aliphatic hydroxyl groups is 1. The Morgan fingerprint density at radius 1 is 1.06 bits per heavy atom. The lowest BCUT2D eigenvalue weighted by Crippen LogP contribution is -2.38. The number of aryl methyl sites for hydroxylation is 1. The van der Waals surface area contributed by atoms with Crippen LogP contribution in [0.2, 0.25) is 0 Å². The van der Waals surface area contributed by atoms with Crippen molar-refractivity contribution in [3.8, 4) is 5.75 Å². The highest BCUT2D eigenvalue weighted by Gasteiger charge is 2.45. The fourth-order valence-corrected chi connectivity index (χ4v) is 4.05. The zero-order valence-corrected chi connectivity index (χ0v) is 19.3. The van der Waals surface area contributed by atoms with Gasteiger partial charge in [0.2, 0.25) is 0 Å². The Bertz CT molecular complexity index is 993. The van der Waals surface area contributed by atoms with Crippen LogP contribution in [0.4, 0.5) is 0 Å². The second kappa shape index (κ2) is 10.5. The third-order valence-corrected chi connectivity index (χ3v) is 5.90. The van der Waals surface area contributed by atoms with Gasteiger partial charge in [0, 0.05) is 18.7 Å². The number of benzene rings is 2. The molecule has 0 saturated carbocycles. The molecule has 0 radical (unpaired) electrons. The number of hydrogen-bond acceptors (Lipinski definition) is 5. The van der Waals surface area contributed by atoms with Crippen molar-refractivity contribution in [2.24, 2.45) is 0 Å². The van der Waals surface area contributed by atoms with Crippen LogP contribution in [0.5, 0.6) is 5.75 Å². The van der Waals surface area contributed by atoms with Crippen LogP contribution in [-0.2, 0) is 9.59 Å². The largest absolute Gasteiger partial charge is 0.507 e. The Balaban J connectivity index is 2.08. The van der Waals surface area contributed by atoms with Gasteiger partial charge in [-0.25, -0.2) is 0 Å². The molecule has 2 aromatic rings. The molecule has 1 atom stereocenters. The first-order chi connectivity index (χ1) is 15.4. The molecule has 1 aliphatic heterocycles. The Kier molecular flexibility index (Phi) is 7.70. The summed E-state index contributed by atoms with van der Waals surface area (Å²) < 4.78 is 5.54. The molecule has 1 unspecified atom stereocenters. The van der Waals surface area contributed by atoms with E-state index in [1.54, 1.807) is 29.2 Å². The second-order valence-electron chi connectivity index (χ2n) is 7.89. The maximum absolute atomic E-state index is 13.1. The van der Waals surface area contributed by atoms with Crippen LogP contribution in [0.1, 0.15) is 43.5 Å². The zero-order valence-electron chi connectivity index (χ0n) is 19.3. The van der Waals surface area contributed by atoms with Gasteiger partial charge in [-0.3, -0.25) is 9.59 Å². The first-order valence-corrected chi connectivity index (χ1v) is 11.2. The number of nitrogens with zero attached hydrogens (tertiary/aromatic N) is 2. The summed E-state index contributed by atoms with van der Waals surface area (Å²) in [6.07, 6.45) is 0. The molecular weight excluding hydrogens is 404 g/mol. The van der Waals surface area contributed by atoms with Crippen LogP contribution in [0, 0.1) is 6.92 Å². The third-order valence-electron chi connectivity index (χ3n) is 5.90. The minimum absolute atomic E-state index is 0.118. The molecule has 1 heterocycles. The summed E-state index contributed by atoms with van der Waals surface area (Å²) in [6, 6.07) is 14.1. The van der Waals surface area contributed by atoms with E-state index in [2.05, 4.69) is 18.7 Å². The molecule has 3 rings (SSSR count). The summed E-state index contributed by atoms with van der Waals surface area (Å²) >= 11 is 0. The lowest BCUT2D eigenvalue weighted by atomic mass is 9.94. The number of likely N-dealkylation sites (tertiary alicyclic amines) is 1. The molecule has 0 spiro atoms. The number of rotatable bonds is 9. The van der Waals surface area contributed by atoms with Crippen LogP contribution >= 0.6 is 0 Å². The first kappa shape index (κ1) is 23.5. The standard InChI is InChI=1S/C26H32N2O4/c1-5-27(6-2)15-16-28-23(19-13-11-18(4)12-14-19)22(25(30)26(28)31)24(29)20-9-8-10-21(17-20)32-7-3/h8-14,17,23,29H,5-7,15-16H2,1-4H3. The smallest absolute Gasteiger partial charge is 0.295 e. The van der Waals surface area contributed by atoms with E-state index >= 15 is 0 Å². The fourth-order valence-electron chi connectivity index (χ4n) is 4.05. The summed E-state index contributed by atoms with van der Waals surface area (Å²) in [6.45, 7) is 11.3. The van der Waals surface area contributed by atoms with E-state index in [1.165, 1.54) is 0 Å². The van der Waals surface area contributed by atoms with Gasteiger partial charge in [-0.2, -0.15) is 0 Å². The van der Waals surface area contributed by atoms with Crippen molar-refractivity contribution in [2.45, 2.75) is 33.7 Å². The Labute approximate surface area is 190 Å². The number of ketones is 1. The number of hydrogen-bond donors (Lipinski definition) is 1. The molecule has 6 heteroatoms. The van der Waals surface area contributed by atoms with Crippen molar-refractivity contribution in [3.63, 3.8) is 0 Å². The van der Waals surface area contributed by atoms with Gasteiger partial charge >= 0.3 is 0 Å². The quantitative estimate of drug-likeness (QED) is 0.363. The topological polar surface area (TPSA) is 70.1 Å². The van der Waals surface area contributed by atoms with E-state index in [4.69, 9.17) is 4.74 Å². The van der Waals surface area contributed by atoms with Gasteiger partial charge < -0.3 is 19.6 Å². The number of carbonyl (C=O) groups excluding carboxylic acids is 2. The van der Waals surface area contributed by atoms with Crippen LogP contribution < -0.4 is 4.74 Å². The number of carbonyl (C=O) groups is 2. The molecule has 170 valence electrons. The molecule has 1 aliphatic rings. The lowest BCUT2D eigenvalue weighted by Gasteiger charge is -2.28. The van der Waals surface area contributed by atoms with E-state index in [1.807, 2.05) is 38.1 Å². The van der Waals surface area contributed by atoms with Crippen molar-refractivity contribution in [1.82, 2.24) is 9.80 Å². The third kappa shape index (κ3) is 4.86. The number of likely N-dealkylation sites (N-methyl/N-ethyl adjacent to an activating group) is 1. The van der Waals surface area contributed by atoms with E-state index in [0.29, 0.717) is 31.0 Å². The van der Waals surface area contributed by atoms with Crippen LogP contribution in [0.15, 0.2) is 54.1 Å². The molecule has 0 aromatic heterocycles. The van der Waals surface area contributed by atoms with Gasteiger partial charge in [0.05, 0.1) is 18.2 Å². The summed E-state index contributed by atoms with van der Waals surface area (Å²) in [4.78, 5) is 30.0. The molecule has 32 heavy (non-hydrogen) atoms. The van der Waals surface area contributed by atoms with Crippen LogP contribution in [0.3, 0.4) is 0 Å². The number of Topliss-reactive ketones (excluding diaryl/α,β-unsaturated/α-hetero) is 1. The average molecular weight is 437 g/mol. The molecule has 1 N–H and O–H groups in total. The lowest BCUT2D eigenvalue weighted by molar-refractivity contribution is -0.140. The second-order valence-corrected chi connectivity index (χ2v) is 7.89. The maximum atomic E-state index is 13.1. The summed E-state index contributed by atoms with van der Waals surface area (Å²) in [5.41, 5.74) is 2.46. The van der Waals surface area contributed by atoms with Crippen LogP contribution in [0.25, 0.3) is 5.76 Å². The Morgan fingerprint density at radius 2 is 1.75 bits per heavy atom. The van der Waals surface area contributed by atoms with E-state index in [0.717, 1.165) is 24.2 Å². The molecule has 6 nitrogen and oxygen atoms in total. The van der Waals surface area contributed by atoms with Crippen molar-refractivity contribution >= 4 is 17.4 Å². The normalized spacial score (nSPS) is 17.9. The van der Waals surface area contributed by atoms with Crippen molar-refractivity contribution in [3.05, 3.63) is 70.8 Å². The summed E-state index contributed by atoms with van der Waals surface area (Å²) in [5, 5.41) is 11.2. The predicted octanol–water partition coefficient (Wildman–Crippen LogP) is 4.16. The van der Waals surface area contributed by atoms with E-state index < -0.39 is 17.7 Å². The van der Waals surface area contributed by atoms with Crippen molar-refractivity contribution < 1.29 is 19.4 Å². The first-order valence-electron chi connectivity index (χ1n) is 11.2. The molecule has 2 aromatic carbocycles. The number of ether oxygens (including phenoxy) is 1. The zero-order chi connectivity index (χ0) is 23.3. The molecular formula is C26H32N2O4. The molecule has 0 aliphatic carbocycles. The minimum Gasteiger partial charge on any atom is -0.507 e. The van der Waals surface area contributed by atoms with E-state index in [9.17, 15) is 14.7 Å².